The first-order valence-electron chi connectivity index (χ1n) is 5.60. The third-order valence-corrected chi connectivity index (χ3v) is 2.56. The highest BCUT2D eigenvalue weighted by Gasteiger charge is 2.18. The first-order chi connectivity index (χ1) is 7.30. The van der Waals surface area contributed by atoms with Crippen molar-refractivity contribution < 1.29 is 4.79 Å². The van der Waals surface area contributed by atoms with Gasteiger partial charge in [0.25, 0.3) is 0 Å². The van der Waals surface area contributed by atoms with Crippen LogP contribution in [0.5, 0.6) is 0 Å². The molecule has 1 nitrogen and oxygen atoms in total. The molecule has 0 saturated carbocycles. The molecule has 0 saturated heterocycles. The van der Waals surface area contributed by atoms with Gasteiger partial charge in [-0.15, -0.1) is 0 Å². The van der Waals surface area contributed by atoms with E-state index < -0.39 is 0 Å². The topological polar surface area (TPSA) is 17.1 Å². The fourth-order valence-corrected chi connectivity index (χ4v) is 1.39. The average molecular weight is 216 g/mol. The van der Waals surface area contributed by atoms with Crippen molar-refractivity contribution in [1.82, 2.24) is 0 Å². The molecule has 86 valence electrons. The molecular formula is C15H20O. The van der Waals surface area contributed by atoms with Gasteiger partial charge in [0.15, 0.2) is 5.78 Å². The van der Waals surface area contributed by atoms with Crippen LogP contribution in [0.15, 0.2) is 30.3 Å². The maximum atomic E-state index is 11.9. The second-order valence-electron chi connectivity index (χ2n) is 5.31. The SMILES string of the molecule is C/C(=C/C(=O)C(C)(C)C)c1cccc(C)c1. The molecule has 1 aromatic carbocycles. The largest absolute Gasteiger partial charge is 0.294 e. The summed E-state index contributed by atoms with van der Waals surface area (Å²) in [5.74, 6) is 0.173. The summed E-state index contributed by atoms with van der Waals surface area (Å²) in [6.07, 6.45) is 1.74. The van der Waals surface area contributed by atoms with E-state index in [2.05, 4.69) is 19.1 Å². The molecule has 0 spiro atoms. The second-order valence-corrected chi connectivity index (χ2v) is 5.31. The van der Waals surface area contributed by atoms with Gasteiger partial charge in [-0.1, -0.05) is 50.6 Å². The van der Waals surface area contributed by atoms with Gasteiger partial charge in [0.05, 0.1) is 0 Å². The highest BCUT2D eigenvalue weighted by atomic mass is 16.1. The standard InChI is InChI=1S/C15H20O/c1-11-7-6-8-13(9-11)12(2)10-14(16)15(3,4)5/h6-10H,1-5H3/b12-10-. The molecule has 1 aromatic rings. The van der Waals surface area contributed by atoms with Gasteiger partial charge >= 0.3 is 0 Å². The zero-order valence-electron chi connectivity index (χ0n) is 10.8. The molecule has 1 rings (SSSR count). The monoisotopic (exact) mass is 216 g/mol. The summed E-state index contributed by atoms with van der Waals surface area (Å²) in [5.41, 5.74) is 3.07. The Morgan fingerprint density at radius 3 is 2.38 bits per heavy atom. The number of hydrogen-bond donors (Lipinski definition) is 0. The lowest BCUT2D eigenvalue weighted by atomic mass is 9.89. The number of allylic oxidation sites excluding steroid dienone is 2. The molecular weight excluding hydrogens is 196 g/mol. The van der Waals surface area contributed by atoms with Crippen molar-refractivity contribution in [3.63, 3.8) is 0 Å². The molecule has 0 fully saturated rings. The van der Waals surface area contributed by atoms with Crippen molar-refractivity contribution in [2.24, 2.45) is 5.41 Å². The van der Waals surface area contributed by atoms with Crippen LogP contribution in [0.3, 0.4) is 0 Å². The predicted molar refractivity (Wildman–Crippen MR) is 69.3 cm³/mol. The van der Waals surface area contributed by atoms with E-state index in [1.165, 1.54) is 5.56 Å². The molecule has 0 atom stereocenters. The number of aryl methyl sites for hydroxylation is 1. The summed E-state index contributed by atoms with van der Waals surface area (Å²) in [7, 11) is 0. The van der Waals surface area contributed by atoms with Crippen molar-refractivity contribution in [2.45, 2.75) is 34.6 Å². The molecule has 0 N–H and O–H groups in total. The maximum absolute atomic E-state index is 11.9. The van der Waals surface area contributed by atoms with Crippen molar-refractivity contribution >= 4 is 11.4 Å². The summed E-state index contributed by atoms with van der Waals surface area (Å²) in [6, 6.07) is 8.21. The van der Waals surface area contributed by atoms with Gasteiger partial charge < -0.3 is 0 Å². The molecule has 1 heteroatoms. The van der Waals surface area contributed by atoms with Crippen molar-refractivity contribution in [3.8, 4) is 0 Å². The number of carbonyl (C=O) groups is 1. The molecule has 0 aliphatic heterocycles. The van der Waals surface area contributed by atoms with Gasteiger partial charge in [-0.25, -0.2) is 0 Å². The molecule has 0 heterocycles. The summed E-state index contributed by atoms with van der Waals surface area (Å²) in [5, 5.41) is 0. The van der Waals surface area contributed by atoms with E-state index in [4.69, 9.17) is 0 Å². The number of hydrogen-bond acceptors (Lipinski definition) is 1. The Kier molecular flexibility index (Phi) is 3.69. The van der Waals surface area contributed by atoms with Crippen LogP contribution in [0, 0.1) is 12.3 Å². The van der Waals surface area contributed by atoms with Crippen LogP contribution >= 0.6 is 0 Å². The average Bonchev–Trinajstić information content (AvgIpc) is 2.16. The molecule has 0 radical (unpaired) electrons. The van der Waals surface area contributed by atoms with Gasteiger partial charge in [0, 0.05) is 5.41 Å². The summed E-state index contributed by atoms with van der Waals surface area (Å²) < 4.78 is 0. The van der Waals surface area contributed by atoms with E-state index in [1.54, 1.807) is 6.08 Å². The van der Waals surface area contributed by atoms with Crippen LogP contribution in [0.25, 0.3) is 5.57 Å². The minimum Gasteiger partial charge on any atom is -0.294 e. The molecule has 0 aromatic heterocycles. The Morgan fingerprint density at radius 1 is 1.25 bits per heavy atom. The summed E-state index contributed by atoms with van der Waals surface area (Å²) >= 11 is 0. The summed E-state index contributed by atoms with van der Waals surface area (Å²) in [4.78, 5) is 11.9. The van der Waals surface area contributed by atoms with E-state index in [0.29, 0.717) is 0 Å². The van der Waals surface area contributed by atoms with E-state index in [9.17, 15) is 4.79 Å². The Morgan fingerprint density at radius 2 is 1.88 bits per heavy atom. The number of carbonyl (C=O) groups excluding carboxylic acids is 1. The third kappa shape index (κ3) is 3.34. The van der Waals surface area contributed by atoms with Crippen molar-refractivity contribution in [1.29, 1.82) is 0 Å². The van der Waals surface area contributed by atoms with Crippen LogP contribution in [-0.2, 0) is 4.79 Å². The molecule has 0 aliphatic rings. The fraction of sp³-hybridized carbons (Fsp3) is 0.400. The lowest BCUT2D eigenvalue weighted by Gasteiger charge is -2.14. The van der Waals surface area contributed by atoms with Crippen molar-refractivity contribution in [3.05, 3.63) is 41.5 Å². The third-order valence-electron chi connectivity index (χ3n) is 2.56. The first kappa shape index (κ1) is 12.7. The minimum atomic E-state index is -0.301. The van der Waals surface area contributed by atoms with Crippen LogP contribution in [0.2, 0.25) is 0 Å². The smallest absolute Gasteiger partial charge is 0.161 e. The second kappa shape index (κ2) is 4.65. The van der Waals surface area contributed by atoms with Crippen LogP contribution in [-0.4, -0.2) is 5.78 Å². The van der Waals surface area contributed by atoms with E-state index >= 15 is 0 Å². The van der Waals surface area contributed by atoms with E-state index in [1.807, 2.05) is 39.8 Å². The lowest BCUT2D eigenvalue weighted by Crippen LogP contribution is -2.17. The van der Waals surface area contributed by atoms with E-state index in [-0.39, 0.29) is 11.2 Å². The molecule has 0 bridgehead atoms. The van der Waals surface area contributed by atoms with Crippen LogP contribution < -0.4 is 0 Å². The predicted octanol–water partition coefficient (Wildman–Crippen LogP) is 4.01. The maximum Gasteiger partial charge on any atom is 0.161 e. The van der Waals surface area contributed by atoms with Crippen LogP contribution in [0.4, 0.5) is 0 Å². The number of rotatable bonds is 2. The van der Waals surface area contributed by atoms with Crippen LogP contribution in [0.1, 0.15) is 38.8 Å². The highest BCUT2D eigenvalue weighted by molar-refractivity contribution is 5.99. The summed E-state index contributed by atoms with van der Waals surface area (Å²) in [6.45, 7) is 9.86. The van der Waals surface area contributed by atoms with Crippen molar-refractivity contribution in [2.75, 3.05) is 0 Å². The van der Waals surface area contributed by atoms with Gasteiger partial charge in [-0.3, -0.25) is 4.79 Å². The Labute approximate surface area is 98.2 Å². The van der Waals surface area contributed by atoms with Gasteiger partial charge in [0.2, 0.25) is 0 Å². The molecule has 0 unspecified atom stereocenters. The molecule has 16 heavy (non-hydrogen) atoms. The molecule has 0 amide bonds. The quantitative estimate of drug-likeness (QED) is 0.682. The fourth-order valence-electron chi connectivity index (χ4n) is 1.39. The Hall–Kier alpha value is -1.37. The lowest BCUT2D eigenvalue weighted by molar-refractivity contribution is -0.121. The van der Waals surface area contributed by atoms with E-state index in [0.717, 1.165) is 11.1 Å². The number of benzene rings is 1. The zero-order chi connectivity index (χ0) is 12.3. The van der Waals surface area contributed by atoms with Gasteiger partial charge in [-0.05, 0) is 31.1 Å². The Balaban J connectivity index is 2.99. The normalized spacial score (nSPS) is 12.7. The number of ketones is 1. The van der Waals surface area contributed by atoms with Gasteiger partial charge in [-0.2, -0.15) is 0 Å². The van der Waals surface area contributed by atoms with Gasteiger partial charge in [0.1, 0.15) is 0 Å². The zero-order valence-corrected chi connectivity index (χ0v) is 10.8. The minimum absolute atomic E-state index is 0.173. The highest BCUT2D eigenvalue weighted by Crippen LogP contribution is 2.20. The molecule has 0 aliphatic carbocycles. The Bertz CT molecular complexity index is 419. The first-order valence-corrected chi connectivity index (χ1v) is 5.60.